The number of rotatable bonds is 4. The zero-order valence-electron chi connectivity index (χ0n) is 20.3. The molecule has 12 heteroatoms. The number of hydrogen-bond acceptors (Lipinski definition) is 9. The van der Waals surface area contributed by atoms with Gasteiger partial charge in [-0.1, -0.05) is 60.7 Å². The molecular weight excluding hydrogens is 547 g/mol. The average molecular weight is 570 g/mol. The molecule has 0 atom stereocenters. The Kier molecular flexibility index (Phi) is 6.21. The van der Waals surface area contributed by atoms with Gasteiger partial charge in [-0.3, -0.25) is 0 Å². The minimum atomic E-state index is -4.02. The smallest absolute Gasteiger partial charge is 0.199 e. The number of hydrogen-bond donors (Lipinski definition) is 3. The second-order valence-electron chi connectivity index (χ2n) is 8.77. The maximum Gasteiger partial charge on any atom is 0.199 e. The van der Waals surface area contributed by atoms with Gasteiger partial charge in [-0.25, -0.2) is 25.3 Å². The molecule has 0 unspecified atom stereocenters. The molecule has 0 fully saturated rings. The van der Waals surface area contributed by atoms with E-state index >= 15 is 0 Å². The molecule has 0 aromatic heterocycles. The van der Waals surface area contributed by atoms with Crippen LogP contribution in [0.15, 0.2) is 115 Å². The van der Waals surface area contributed by atoms with Crippen molar-refractivity contribution in [3.05, 3.63) is 126 Å². The van der Waals surface area contributed by atoms with Crippen LogP contribution in [0.2, 0.25) is 0 Å². The molecule has 0 radical (unpaired) electrons. The van der Waals surface area contributed by atoms with E-state index in [0.717, 1.165) is 21.6 Å². The Morgan fingerprint density at radius 2 is 0.816 bits per heavy atom. The summed E-state index contributed by atoms with van der Waals surface area (Å²) >= 11 is 0. The molecule has 0 saturated carbocycles. The molecule has 0 amide bonds. The molecule has 2 aromatic rings. The third-order valence-corrected chi connectivity index (χ3v) is 10.5. The maximum atomic E-state index is 13.0. The molecule has 0 saturated heterocycles. The van der Waals surface area contributed by atoms with Gasteiger partial charge < -0.3 is 16.0 Å². The fraction of sp³-hybridized carbons (Fsp3) is 0.0769. The first kappa shape index (κ1) is 25.8. The van der Waals surface area contributed by atoms with Crippen LogP contribution in [0.3, 0.4) is 0 Å². The summed E-state index contributed by atoms with van der Waals surface area (Å²) in [4.78, 5) is 0.164. The van der Waals surface area contributed by atoms with Crippen LogP contribution in [0.4, 0.5) is 0 Å². The second kappa shape index (κ2) is 9.15. The standard InChI is InChI=1S/C26H23N3O6S3/c1-17-25(19-9-5-3-6-10-19)28-23(15-37(17,32)33)21-13-36(30,31)14-22(27-21)24-16-38(34,35)18(2)26(29-24)20-11-7-4-8-12-20/h3-16,27-29H,1-2H3. The first-order chi connectivity index (χ1) is 17.9. The molecule has 3 aliphatic rings. The summed E-state index contributed by atoms with van der Waals surface area (Å²) in [7, 11) is -11.8. The quantitative estimate of drug-likeness (QED) is 0.507. The van der Waals surface area contributed by atoms with Crippen LogP contribution >= 0.6 is 0 Å². The van der Waals surface area contributed by atoms with Crippen molar-refractivity contribution in [2.75, 3.05) is 0 Å². The molecule has 0 spiro atoms. The first-order valence-corrected chi connectivity index (χ1v) is 16.0. The topological polar surface area (TPSA) is 139 Å². The van der Waals surface area contributed by atoms with Gasteiger partial charge in [-0.2, -0.15) is 0 Å². The molecule has 0 bridgehead atoms. The molecule has 5 rings (SSSR count). The van der Waals surface area contributed by atoms with Crippen LogP contribution in [0, 0.1) is 0 Å². The minimum absolute atomic E-state index is 0.00194. The number of allylic oxidation sites excluding steroid dienone is 2. The fourth-order valence-electron chi connectivity index (χ4n) is 4.13. The van der Waals surface area contributed by atoms with Gasteiger partial charge in [0.05, 0.1) is 65.6 Å². The third-order valence-electron chi connectivity index (χ3n) is 6.16. The van der Waals surface area contributed by atoms with E-state index in [1.165, 1.54) is 13.8 Å². The van der Waals surface area contributed by atoms with E-state index in [0.29, 0.717) is 22.5 Å². The third kappa shape index (κ3) is 4.85. The van der Waals surface area contributed by atoms with E-state index < -0.39 is 29.5 Å². The Labute approximate surface area is 221 Å². The Morgan fingerprint density at radius 3 is 1.18 bits per heavy atom. The molecular formula is C26H23N3O6S3. The van der Waals surface area contributed by atoms with Gasteiger partial charge in [0.25, 0.3) is 0 Å². The monoisotopic (exact) mass is 569 g/mol. The van der Waals surface area contributed by atoms with E-state index in [2.05, 4.69) is 16.0 Å². The summed E-state index contributed by atoms with van der Waals surface area (Å²) in [5, 5.41) is 12.7. The van der Waals surface area contributed by atoms with Gasteiger partial charge in [0.2, 0.25) is 0 Å². The molecule has 9 nitrogen and oxygen atoms in total. The Balaban J connectivity index is 1.53. The number of sulfone groups is 3. The fourth-order valence-corrected chi connectivity index (χ4v) is 7.48. The lowest BCUT2D eigenvalue weighted by atomic mass is 10.1. The van der Waals surface area contributed by atoms with Crippen molar-refractivity contribution in [1.82, 2.24) is 16.0 Å². The van der Waals surface area contributed by atoms with Gasteiger partial charge in [0.1, 0.15) is 0 Å². The zero-order chi connectivity index (χ0) is 27.3. The van der Waals surface area contributed by atoms with Crippen LogP contribution in [0.1, 0.15) is 25.0 Å². The predicted octanol–water partition coefficient (Wildman–Crippen LogP) is 3.18. The van der Waals surface area contributed by atoms with Crippen LogP contribution in [0.5, 0.6) is 0 Å². The second-order valence-corrected chi connectivity index (χ2v) is 14.3. The Hall–Kier alpha value is -3.87. The normalized spacial score (nSPS) is 21.6. The van der Waals surface area contributed by atoms with Crippen LogP contribution in [-0.2, 0) is 29.5 Å². The Bertz CT molecular complexity index is 1730. The average Bonchev–Trinajstić information content (AvgIpc) is 2.87. The summed E-state index contributed by atoms with van der Waals surface area (Å²) in [5.41, 5.74) is 1.70. The van der Waals surface area contributed by atoms with Gasteiger partial charge in [-0.15, -0.1) is 0 Å². The van der Waals surface area contributed by atoms with Crippen molar-refractivity contribution in [1.29, 1.82) is 0 Å². The summed E-state index contributed by atoms with van der Waals surface area (Å²) in [5.74, 6) is 0. The number of benzene rings is 2. The van der Waals surface area contributed by atoms with Crippen molar-refractivity contribution in [3.8, 4) is 0 Å². The largest absolute Gasteiger partial charge is 0.352 e. The SMILES string of the molecule is CC1=C(c2ccccc2)NC(C2=CS(=O)(=O)C=C(C3=CS(=O)(=O)C(C)=C(c4ccccc4)N3)N2)=CS1(=O)=O. The summed E-state index contributed by atoms with van der Waals surface area (Å²) in [6, 6.07) is 17.5. The van der Waals surface area contributed by atoms with E-state index in [4.69, 9.17) is 0 Å². The van der Waals surface area contributed by atoms with Crippen molar-refractivity contribution < 1.29 is 25.3 Å². The first-order valence-electron chi connectivity index (χ1n) is 11.3. The number of nitrogens with one attached hydrogen (secondary N) is 3. The van der Waals surface area contributed by atoms with Gasteiger partial charge >= 0.3 is 0 Å². The van der Waals surface area contributed by atoms with Crippen molar-refractivity contribution in [2.45, 2.75) is 13.8 Å². The van der Waals surface area contributed by atoms with Crippen LogP contribution in [-0.4, -0.2) is 25.3 Å². The molecule has 3 N–H and O–H groups in total. The van der Waals surface area contributed by atoms with Gasteiger partial charge in [0.15, 0.2) is 29.5 Å². The Morgan fingerprint density at radius 1 is 0.474 bits per heavy atom. The summed E-state index contributed by atoms with van der Waals surface area (Å²) in [6.07, 6.45) is 0. The van der Waals surface area contributed by atoms with Crippen LogP contribution < -0.4 is 16.0 Å². The van der Waals surface area contributed by atoms with Gasteiger partial charge in [0, 0.05) is 0 Å². The van der Waals surface area contributed by atoms with E-state index in [1.54, 1.807) is 60.7 Å². The highest BCUT2D eigenvalue weighted by Gasteiger charge is 2.31. The molecule has 38 heavy (non-hydrogen) atoms. The van der Waals surface area contributed by atoms with Crippen molar-refractivity contribution in [3.63, 3.8) is 0 Å². The molecule has 0 aliphatic carbocycles. The van der Waals surface area contributed by atoms with Crippen molar-refractivity contribution >= 4 is 40.9 Å². The maximum absolute atomic E-state index is 13.0. The highest BCUT2D eigenvalue weighted by Crippen LogP contribution is 2.33. The molecule has 3 aliphatic heterocycles. The van der Waals surface area contributed by atoms with Crippen molar-refractivity contribution in [2.24, 2.45) is 0 Å². The molecule has 2 aromatic carbocycles. The predicted molar refractivity (Wildman–Crippen MR) is 147 cm³/mol. The highest BCUT2D eigenvalue weighted by molar-refractivity contribution is 7.98. The lowest BCUT2D eigenvalue weighted by Gasteiger charge is -2.28. The van der Waals surface area contributed by atoms with E-state index in [1.807, 2.05) is 0 Å². The lowest BCUT2D eigenvalue weighted by Crippen LogP contribution is -2.33. The van der Waals surface area contributed by atoms with E-state index in [-0.39, 0.29) is 32.6 Å². The lowest BCUT2D eigenvalue weighted by molar-refractivity contribution is 0.606. The molecule has 3 heterocycles. The zero-order valence-corrected chi connectivity index (χ0v) is 22.7. The minimum Gasteiger partial charge on any atom is -0.352 e. The summed E-state index contributed by atoms with van der Waals surface area (Å²) in [6.45, 7) is 2.92. The van der Waals surface area contributed by atoms with E-state index in [9.17, 15) is 25.3 Å². The highest BCUT2D eigenvalue weighted by atomic mass is 32.2. The molecule has 196 valence electrons. The van der Waals surface area contributed by atoms with Gasteiger partial charge in [-0.05, 0) is 25.0 Å². The van der Waals surface area contributed by atoms with Crippen LogP contribution in [0.25, 0.3) is 11.4 Å². The summed E-state index contributed by atoms with van der Waals surface area (Å²) < 4.78 is 77.7.